The molecule has 1 aliphatic rings. The largest absolute Gasteiger partial charge is 0.355 e. The number of amides is 1. The molecule has 0 unspecified atom stereocenters. The number of nitrogens with two attached hydrogens (primary N) is 1. The minimum absolute atomic E-state index is 0.134. The Morgan fingerprint density at radius 2 is 2.31 bits per heavy atom. The van der Waals surface area contributed by atoms with E-state index < -0.39 is 0 Å². The third-order valence-electron chi connectivity index (χ3n) is 2.95. The second kappa shape index (κ2) is 6.86. The first kappa shape index (κ1) is 13.5. The van der Waals surface area contributed by atoms with Crippen LogP contribution in [0.5, 0.6) is 0 Å². The molecule has 0 bridgehead atoms. The zero-order chi connectivity index (χ0) is 12.0. The van der Waals surface area contributed by atoms with Gasteiger partial charge in [-0.25, -0.2) is 0 Å². The molecule has 16 heavy (non-hydrogen) atoms. The highest BCUT2D eigenvalue weighted by atomic mass is 16.2. The lowest BCUT2D eigenvalue weighted by Crippen LogP contribution is -2.47. The molecule has 0 aromatic carbocycles. The van der Waals surface area contributed by atoms with Crippen molar-refractivity contribution >= 4 is 5.91 Å². The molecule has 0 spiro atoms. The summed E-state index contributed by atoms with van der Waals surface area (Å²) in [5.74, 6) is 0.776. The molecule has 1 aliphatic heterocycles. The van der Waals surface area contributed by atoms with Crippen molar-refractivity contribution < 1.29 is 4.79 Å². The van der Waals surface area contributed by atoms with Gasteiger partial charge in [-0.1, -0.05) is 13.8 Å². The summed E-state index contributed by atoms with van der Waals surface area (Å²) in [5.41, 5.74) is 5.87. The molecular weight excluding hydrogens is 202 g/mol. The van der Waals surface area contributed by atoms with Crippen molar-refractivity contribution in [2.24, 2.45) is 11.7 Å². The monoisotopic (exact) mass is 227 g/mol. The van der Waals surface area contributed by atoms with Crippen LogP contribution in [0.3, 0.4) is 0 Å². The molecule has 1 heterocycles. The van der Waals surface area contributed by atoms with Crippen LogP contribution < -0.4 is 11.1 Å². The summed E-state index contributed by atoms with van der Waals surface area (Å²) in [7, 11) is 0. The van der Waals surface area contributed by atoms with Crippen LogP contribution in [-0.2, 0) is 4.79 Å². The molecule has 1 fully saturated rings. The molecule has 1 saturated heterocycles. The molecular formula is C12H25N3O. The summed E-state index contributed by atoms with van der Waals surface area (Å²) in [6.07, 6.45) is 3.25. The number of rotatable bonds is 5. The lowest BCUT2D eigenvalue weighted by molar-refractivity contribution is -0.122. The molecule has 4 heteroatoms. The van der Waals surface area contributed by atoms with Gasteiger partial charge in [0.25, 0.3) is 0 Å². The third-order valence-corrected chi connectivity index (χ3v) is 2.95. The van der Waals surface area contributed by atoms with E-state index in [1.807, 2.05) is 0 Å². The van der Waals surface area contributed by atoms with E-state index in [1.54, 1.807) is 0 Å². The molecule has 1 atom stereocenters. The first-order valence-electron chi connectivity index (χ1n) is 6.32. The molecule has 1 rings (SSSR count). The average molecular weight is 227 g/mol. The van der Waals surface area contributed by atoms with Crippen LogP contribution in [0.4, 0.5) is 0 Å². The summed E-state index contributed by atoms with van der Waals surface area (Å²) in [4.78, 5) is 13.8. The standard InChI is InChI=1S/C12H25N3O/c1-10(2)5-6-14-12(16)9-15-7-3-4-11(13)8-15/h10-11H,3-9,13H2,1-2H3,(H,14,16)/t11-/m0/s1. The van der Waals surface area contributed by atoms with Gasteiger partial charge in [-0.3, -0.25) is 9.69 Å². The second-order valence-corrected chi connectivity index (χ2v) is 5.17. The highest BCUT2D eigenvalue weighted by Gasteiger charge is 2.18. The van der Waals surface area contributed by atoms with Gasteiger partial charge in [0.15, 0.2) is 0 Å². The van der Waals surface area contributed by atoms with E-state index in [9.17, 15) is 4.79 Å². The lowest BCUT2D eigenvalue weighted by atomic mass is 10.1. The van der Waals surface area contributed by atoms with Crippen LogP contribution in [0.1, 0.15) is 33.1 Å². The molecule has 0 aliphatic carbocycles. The fraction of sp³-hybridized carbons (Fsp3) is 0.917. The minimum Gasteiger partial charge on any atom is -0.355 e. The average Bonchev–Trinajstić information content (AvgIpc) is 2.16. The van der Waals surface area contributed by atoms with Crippen LogP contribution in [0.2, 0.25) is 0 Å². The molecule has 0 saturated carbocycles. The molecule has 94 valence electrons. The summed E-state index contributed by atoms with van der Waals surface area (Å²) < 4.78 is 0. The van der Waals surface area contributed by atoms with Crippen molar-refractivity contribution in [1.82, 2.24) is 10.2 Å². The minimum atomic E-state index is 0.134. The Hall–Kier alpha value is -0.610. The number of hydrogen-bond donors (Lipinski definition) is 2. The Bertz CT molecular complexity index is 218. The number of hydrogen-bond acceptors (Lipinski definition) is 3. The van der Waals surface area contributed by atoms with Gasteiger partial charge in [-0.05, 0) is 31.7 Å². The highest BCUT2D eigenvalue weighted by molar-refractivity contribution is 5.77. The number of nitrogens with zero attached hydrogens (tertiary/aromatic N) is 1. The highest BCUT2D eigenvalue weighted by Crippen LogP contribution is 2.07. The smallest absolute Gasteiger partial charge is 0.234 e. The summed E-state index contributed by atoms with van der Waals surface area (Å²) in [5, 5.41) is 2.95. The van der Waals surface area contributed by atoms with E-state index in [2.05, 4.69) is 24.1 Å². The quantitative estimate of drug-likeness (QED) is 0.722. The molecule has 0 radical (unpaired) electrons. The molecule has 4 nitrogen and oxygen atoms in total. The second-order valence-electron chi connectivity index (χ2n) is 5.17. The maximum absolute atomic E-state index is 11.6. The topological polar surface area (TPSA) is 58.4 Å². The maximum atomic E-state index is 11.6. The van der Waals surface area contributed by atoms with Gasteiger partial charge in [0.2, 0.25) is 5.91 Å². The van der Waals surface area contributed by atoms with E-state index in [0.717, 1.165) is 38.9 Å². The Morgan fingerprint density at radius 3 is 2.94 bits per heavy atom. The zero-order valence-corrected chi connectivity index (χ0v) is 10.5. The number of likely N-dealkylation sites (tertiary alicyclic amines) is 1. The maximum Gasteiger partial charge on any atom is 0.234 e. The van der Waals surface area contributed by atoms with E-state index in [4.69, 9.17) is 5.73 Å². The van der Waals surface area contributed by atoms with Crippen LogP contribution >= 0.6 is 0 Å². The first-order chi connectivity index (χ1) is 7.58. The van der Waals surface area contributed by atoms with E-state index in [-0.39, 0.29) is 11.9 Å². The Labute approximate surface area is 98.6 Å². The number of nitrogens with one attached hydrogen (secondary N) is 1. The normalized spacial score (nSPS) is 22.4. The number of piperidine rings is 1. The van der Waals surface area contributed by atoms with Crippen LogP contribution in [-0.4, -0.2) is 43.0 Å². The van der Waals surface area contributed by atoms with E-state index >= 15 is 0 Å². The van der Waals surface area contributed by atoms with Crippen LogP contribution in [0, 0.1) is 5.92 Å². The molecule has 1 amide bonds. The number of carbonyl (C=O) groups excluding carboxylic acids is 1. The third kappa shape index (κ3) is 5.47. The fourth-order valence-corrected chi connectivity index (χ4v) is 1.99. The van der Waals surface area contributed by atoms with Crippen LogP contribution in [0.15, 0.2) is 0 Å². The van der Waals surface area contributed by atoms with Gasteiger partial charge in [0.05, 0.1) is 6.54 Å². The SMILES string of the molecule is CC(C)CCNC(=O)CN1CCC[C@H](N)C1. The van der Waals surface area contributed by atoms with Crippen molar-refractivity contribution in [3.05, 3.63) is 0 Å². The summed E-state index contributed by atoms with van der Waals surface area (Å²) in [6, 6.07) is 0.247. The van der Waals surface area contributed by atoms with Crippen molar-refractivity contribution in [2.75, 3.05) is 26.2 Å². The van der Waals surface area contributed by atoms with E-state index in [1.165, 1.54) is 0 Å². The zero-order valence-electron chi connectivity index (χ0n) is 10.5. The van der Waals surface area contributed by atoms with Crippen molar-refractivity contribution in [1.29, 1.82) is 0 Å². The van der Waals surface area contributed by atoms with Crippen molar-refractivity contribution in [3.8, 4) is 0 Å². The van der Waals surface area contributed by atoms with Gasteiger partial charge in [-0.2, -0.15) is 0 Å². The molecule has 0 aromatic heterocycles. The molecule has 3 N–H and O–H groups in total. The van der Waals surface area contributed by atoms with Gasteiger partial charge < -0.3 is 11.1 Å². The van der Waals surface area contributed by atoms with Gasteiger partial charge >= 0.3 is 0 Å². The summed E-state index contributed by atoms with van der Waals surface area (Å²) in [6.45, 7) is 7.48. The molecule has 0 aromatic rings. The van der Waals surface area contributed by atoms with Crippen molar-refractivity contribution in [2.45, 2.75) is 39.2 Å². The Kier molecular flexibility index (Phi) is 5.77. The van der Waals surface area contributed by atoms with Crippen molar-refractivity contribution in [3.63, 3.8) is 0 Å². The van der Waals surface area contributed by atoms with Gasteiger partial charge in [-0.15, -0.1) is 0 Å². The van der Waals surface area contributed by atoms with E-state index in [0.29, 0.717) is 12.5 Å². The van der Waals surface area contributed by atoms with Gasteiger partial charge in [0, 0.05) is 19.1 Å². The summed E-state index contributed by atoms with van der Waals surface area (Å²) >= 11 is 0. The lowest BCUT2D eigenvalue weighted by Gasteiger charge is -2.29. The Balaban J connectivity index is 2.13. The predicted molar refractivity (Wildman–Crippen MR) is 66.1 cm³/mol. The fourth-order valence-electron chi connectivity index (χ4n) is 1.99. The predicted octanol–water partition coefficient (Wildman–Crippen LogP) is 0.572. The number of carbonyl (C=O) groups is 1. The van der Waals surface area contributed by atoms with Crippen LogP contribution in [0.25, 0.3) is 0 Å². The first-order valence-corrected chi connectivity index (χ1v) is 6.32. The van der Waals surface area contributed by atoms with Gasteiger partial charge in [0.1, 0.15) is 0 Å². The Morgan fingerprint density at radius 1 is 1.56 bits per heavy atom.